The first kappa shape index (κ1) is 13.0. The molecule has 112 valence electrons. The van der Waals surface area contributed by atoms with Gasteiger partial charge in [-0.3, -0.25) is 0 Å². The van der Waals surface area contributed by atoms with Crippen LogP contribution in [0.15, 0.2) is 0 Å². The maximum absolute atomic E-state index is 4.73. The van der Waals surface area contributed by atoms with Crippen LogP contribution < -0.4 is 9.36 Å². The van der Waals surface area contributed by atoms with Gasteiger partial charge in [0.2, 0.25) is 0 Å². The lowest BCUT2D eigenvalue weighted by Gasteiger charge is -2.15. The van der Waals surface area contributed by atoms with Crippen molar-refractivity contribution in [3.63, 3.8) is 0 Å². The lowest BCUT2D eigenvalue weighted by atomic mass is 9.83. The SMILES string of the molecule is CCn1n[n+]2c(c1C)CC1(Cc3c(C)n(CC)n[n+]3C1)C2. The predicted octanol–water partition coefficient (Wildman–Crippen LogP) is 0.110. The topological polar surface area (TPSA) is 43.4 Å². The van der Waals surface area contributed by atoms with Crippen molar-refractivity contribution < 1.29 is 9.36 Å². The molecule has 0 bridgehead atoms. The molecule has 0 atom stereocenters. The number of hydrogen-bond donors (Lipinski definition) is 0. The zero-order chi connectivity index (χ0) is 14.8. The van der Waals surface area contributed by atoms with Crippen LogP contribution in [0.1, 0.15) is 36.6 Å². The molecule has 0 saturated heterocycles. The zero-order valence-corrected chi connectivity index (χ0v) is 13.4. The Morgan fingerprint density at radius 2 is 1.33 bits per heavy atom. The van der Waals surface area contributed by atoms with E-state index in [2.05, 4.69) is 46.4 Å². The molecule has 2 aliphatic heterocycles. The Balaban J connectivity index is 1.65. The van der Waals surface area contributed by atoms with Crippen LogP contribution in [0.3, 0.4) is 0 Å². The number of aryl methyl sites for hydroxylation is 2. The Bertz CT molecular complexity index is 661. The fourth-order valence-electron chi connectivity index (χ4n) is 4.15. The molecule has 0 saturated carbocycles. The highest BCUT2D eigenvalue weighted by molar-refractivity contribution is 5.14. The molecule has 4 rings (SSSR count). The summed E-state index contributed by atoms with van der Waals surface area (Å²) in [7, 11) is 0. The van der Waals surface area contributed by atoms with Gasteiger partial charge in [0.1, 0.15) is 26.2 Å². The van der Waals surface area contributed by atoms with Crippen LogP contribution in [0.4, 0.5) is 0 Å². The van der Waals surface area contributed by atoms with Crippen LogP contribution in [0.5, 0.6) is 0 Å². The second kappa shape index (κ2) is 4.15. The summed E-state index contributed by atoms with van der Waals surface area (Å²) in [5, 5.41) is 9.46. The highest BCUT2D eigenvalue weighted by Gasteiger charge is 2.53. The van der Waals surface area contributed by atoms with Gasteiger partial charge in [-0.2, -0.15) is 0 Å². The highest BCUT2D eigenvalue weighted by atomic mass is 15.5. The van der Waals surface area contributed by atoms with Crippen molar-refractivity contribution >= 4 is 0 Å². The molecule has 6 heteroatoms. The zero-order valence-electron chi connectivity index (χ0n) is 13.4. The monoisotopic (exact) mass is 288 g/mol. The molecule has 0 fully saturated rings. The first-order valence-electron chi connectivity index (χ1n) is 7.99. The van der Waals surface area contributed by atoms with Crippen LogP contribution >= 0.6 is 0 Å². The molecule has 2 aromatic heterocycles. The van der Waals surface area contributed by atoms with Crippen molar-refractivity contribution in [2.75, 3.05) is 0 Å². The van der Waals surface area contributed by atoms with E-state index in [4.69, 9.17) is 10.4 Å². The molecule has 6 nitrogen and oxygen atoms in total. The molecule has 0 radical (unpaired) electrons. The number of nitrogens with zero attached hydrogens (tertiary/aromatic N) is 6. The van der Waals surface area contributed by atoms with Crippen molar-refractivity contribution in [2.45, 2.75) is 66.7 Å². The second-order valence-corrected chi connectivity index (χ2v) is 6.64. The van der Waals surface area contributed by atoms with E-state index in [0.717, 1.165) is 39.0 Å². The van der Waals surface area contributed by atoms with E-state index < -0.39 is 0 Å². The predicted molar refractivity (Wildman–Crippen MR) is 75.5 cm³/mol. The van der Waals surface area contributed by atoms with Crippen LogP contribution in [0.2, 0.25) is 0 Å². The lowest BCUT2D eigenvalue weighted by Crippen LogP contribution is -2.45. The average molecular weight is 288 g/mol. The van der Waals surface area contributed by atoms with E-state index in [0.29, 0.717) is 5.41 Å². The molecule has 0 aromatic carbocycles. The Morgan fingerprint density at radius 3 is 1.67 bits per heavy atom. The van der Waals surface area contributed by atoms with Gasteiger partial charge in [-0.05, 0) is 13.8 Å². The van der Waals surface area contributed by atoms with E-state index in [1.807, 2.05) is 0 Å². The summed E-state index contributed by atoms with van der Waals surface area (Å²) in [6, 6.07) is 0. The van der Waals surface area contributed by atoms with Gasteiger partial charge in [-0.25, -0.2) is 0 Å². The number of fused-ring (bicyclic) bond motifs is 2. The van der Waals surface area contributed by atoms with Gasteiger partial charge in [0.25, 0.3) is 0 Å². The number of aromatic nitrogens is 6. The molecule has 0 N–H and O–H groups in total. The third kappa shape index (κ3) is 1.64. The maximum atomic E-state index is 4.73. The quantitative estimate of drug-likeness (QED) is 0.736. The minimum Gasteiger partial charge on any atom is -0.135 e. The molecular weight excluding hydrogens is 264 g/mol. The largest absolute Gasteiger partial charge is 0.171 e. The van der Waals surface area contributed by atoms with Gasteiger partial charge in [0, 0.05) is 26.7 Å². The Morgan fingerprint density at radius 1 is 0.905 bits per heavy atom. The van der Waals surface area contributed by atoms with Crippen molar-refractivity contribution in [1.29, 1.82) is 0 Å². The smallest absolute Gasteiger partial charge is 0.135 e. The molecule has 2 aromatic rings. The number of hydrogen-bond acceptors (Lipinski definition) is 2. The van der Waals surface area contributed by atoms with Gasteiger partial charge in [0.05, 0.1) is 15.8 Å². The van der Waals surface area contributed by atoms with Crippen molar-refractivity contribution in [2.24, 2.45) is 5.41 Å². The second-order valence-electron chi connectivity index (χ2n) is 6.64. The summed E-state index contributed by atoms with van der Waals surface area (Å²) in [6.07, 6.45) is 2.27. The molecule has 1 spiro atoms. The van der Waals surface area contributed by atoms with E-state index in [9.17, 15) is 0 Å². The summed E-state index contributed by atoms with van der Waals surface area (Å²) < 4.78 is 8.70. The third-order valence-corrected chi connectivity index (χ3v) is 5.32. The Labute approximate surface area is 125 Å². The molecular formula is C15H24N6+2. The van der Waals surface area contributed by atoms with Gasteiger partial charge in [0.15, 0.2) is 22.8 Å². The first-order chi connectivity index (χ1) is 10.1. The van der Waals surface area contributed by atoms with Crippen LogP contribution in [-0.2, 0) is 39.0 Å². The summed E-state index contributed by atoms with van der Waals surface area (Å²) in [5.41, 5.74) is 5.81. The molecule has 0 unspecified atom stereocenters. The van der Waals surface area contributed by atoms with E-state index in [-0.39, 0.29) is 0 Å². The molecule has 0 amide bonds. The summed E-state index contributed by atoms with van der Waals surface area (Å²) in [6.45, 7) is 12.7. The number of rotatable bonds is 2. The molecule has 4 heterocycles. The molecule has 21 heavy (non-hydrogen) atoms. The van der Waals surface area contributed by atoms with Crippen molar-refractivity contribution in [1.82, 2.24) is 19.8 Å². The van der Waals surface area contributed by atoms with Gasteiger partial charge < -0.3 is 0 Å². The van der Waals surface area contributed by atoms with Gasteiger partial charge in [-0.1, -0.05) is 0 Å². The van der Waals surface area contributed by atoms with Crippen LogP contribution in [0, 0.1) is 19.3 Å². The van der Waals surface area contributed by atoms with Crippen molar-refractivity contribution in [3.05, 3.63) is 22.8 Å². The Kier molecular flexibility index (Phi) is 2.56. The lowest BCUT2D eigenvalue weighted by molar-refractivity contribution is -0.779. The molecule has 0 aliphatic carbocycles. The van der Waals surface area contributed by atoms with E-state index in [1.165, 1.54) is 22.8 Å². The third-order valence-electron chi connectivity index (χ3n) is 5.32. The first-order valence-corrected chi connectivity index (χ1v) is 7.99. The van der Waals surface area contributed by atoms with Crippen LogP contribution in [0.25, 0.3) is 0 Å². The summed E-state index contributed by atoms with van der Waals surface area (Å²) >= 11 is 0. The highest BCUT2D eigenvalue weighted by Crippen LogP contribution is 2.36. The fraction of sp³-hybridized carbons (Fsp3) is 0.733. The summed E-state index contributed by atoms with van der Waals surface area (Å²) in [5.74, 6) is 0. The molecule has 2 aliphatic rings. The van der Waals surface area contributed by atoms with Crippen molar-refractivity contribution in [3.8, 4) is 0 Å². The van der Waals surface area contributed by atoms with Gasteiger partial charge in [-0.15, -0.1) is 18.7 Å². The average Bonchev–Trinajstić information content (AvgIpc) is 3.15. The van der Waals surface area contributed by atoms with Gasteiger partial charge >= 0.3 is 0 Å². The fourth-order valence-corrected chi connectivity index (χ4v) is 4.15. The maximum Gasteiger partial charge on any atom is 0.171 e. The summed E-state index contributed by atoms with van der Waals surface area (Å²) in [4.78, 5) is 0. The van der Waals surface area contributed by atoms with E-state index >= 15 is 0 Å². The standard InChI is InChI=1S/C15H24N6/c1-5-18-11(3)13-7-15(9-20(13)16-18)8-14-12(4)19(6-2)17-21(14)10-15/h5-10H2,1-4H3/q+2. The Hall–Kier alpha value is -1.72. The van der Waals surface area contributed by atoms with Crippen LogP contribution in [-0.4, -0.2) is 19.8 Å². The normalized spacial score (nSPS) is 18.5. The minimum atomic E-state index is 0.305. The minimum absolute atomic E-state index is 0.305. The van der Waals surface area contributed by atoms with E-state index in [1.54, 1.807) is 0 Å².